The largest absolute Gasteiger partial charge is 0.496 e. The lowest BCUT2D eigenvalue weighted by molar-refractivity contribution is -0.137. The van der Waals surface area contributed by atoms with Crippen LogP contribution in [-0.4, -0.2) is 50.0 Å². The van der Waals surface area contributed by atoms with E-state index in [2.05, 4.69) is 24.3 Å². The van der Waals surface area contributed by atoms with E-state index in [9.17, 15) is 18.0 Å². The fourth-order valence-corrected chi connectivity index (χ4v) is 5.88. The second kappa shape index (κ2) is 9.51. The van der Waals surface area contributed by atoms with Crippen LogP contribution in [0.5, 0.6) is 5.75 Å². The van der Waals surface area contributed by atoms with E-state index >= 15 is 0 Å². The fraction of sp³-hybridized carbons (Fsp3) is 0.300. The minimum atomic E-state index is -4.46. The zero-order valence-corrected chi connectivity index (χ0v) is 20.7. The predicted octanol–water partition coefficient (Wildman–Crippen LogP) is 6.52. The molecule has 1 aliphatic carbocycles. The third-order valence-electron chi connectivity index (χ3n) is 7.62. The normalized spacial score (nSPS) is 20.4. The highest BCUT2D eigenvalue weighted by Gasteiger charge is 2.40. The van der Waals surface area contributed by atoms with Crippen LogP contribution in [0.25, 0.3) is 16.7 Å². The Morgan fingerprint density at radius 2 is 1.66 bits per heavy atom. The molecule has 2 aliphatic heterocycles. The molecule has 2 bridgehead atoms. The molecule has 0 N–H and O–H groups in total. The van der Waals surface area contributed by atoms with Gasteiger partial charge in [-0.25, -0.2) is 4.79 Å². The monoisotopic (exact) mass is 521 g/mol. The number of carbonyl (C=O) groups excluding carboxylic acids is 1. The second-order valence-electron chi connectivity index (χ2n) is 9.78. The molecule has 1 fully saturated rings. The smallest absolute Gasteiger partial charge is 0.416 e. The Kier molecular flexibility index (Phi) is 6.14. The van der Waals surface area contributed by atoms with Gasteiger partial charge in [0.15, 0.2) is 0 Å². The maximum atomic E-state index is 13.4. The molecule has 3 aliphatic rings. The Hall–Kier alpha value is -3.78. The van der Waals surface area contributed by atoms with Crippen LogP contribution in [-0.2, 0) is 15.7 Å². The summed E-state index contributed by atoms with van der Waals surface area (Å²) < 4.78 is 56.6. The van der Waals surface area contributed by atoms with Gasteiger partial charge in [-0.2, -0.15) is 13.2 Å². The van der Waals surface area contributed by atoms with E-state index in [1.165, 1.54) is 13.2 Å². The summed E-state index contributed by atoms with van der Waals surface area (Å²) in [5, 5.41) is 0. The highest BCUT2D eigenvalue weighted by molar-refractivity contribution is 5.80. The van der Waals surface area contributed by atoms with Crippen molar-refractivity contribution in [3.63, 3.8) is 0 Å². The van der Waals surface area contributed by atoms with Crippen molar-refractivity contribution >= 4 is 11.7 Å². The minimum Gasteiger partial charge on any atom is -0.496 e. The van der Waals surface area contributed by atoms with Crippen molar-refractivity contribution in [1.29, 1.82) is 0 Å². The van der Waals surface area contributed by atoms with Crippen LogP contribution in [0.2, 0.25) is 0 Å². The Labute approximate surface area is 218 Å². The van der Waals surface area contributed by atoms with E-state index in [1.807, 2.05) is 30.3 Å². The molecule has 2 atom stereocenters. The van der Waals surface area contributed by atoms with Crippen LogP contribution in [0.4, 0.5) is 18.0 Å². The average Bonchev–Trinajstić information content (AvgIpc) is 3.23. The van der Waals surface area contributed by atoms with Crippen molar-refractivity contribution in [2.24, 2.45) is 0 Å². The molecule has 1 amide bonds. The zero-order valence-electron chi connectivity index (χ0n) is 20.7. The molecule has 2 heterocycles. The van der Waals surface area contributed by atoms with Crippen molar-refractivity contribution in [3.05, 3.63) is 95.1 Å². The van der Waals surface area contributed by atoms with Gasteiger partial charge in [0, 0.05) is 11.5 Å². The van der Waals surface area contributed by atoms with Gasteiger partial charge in [-0.3, -0.25) is 4.90 Å². The molecule has 0 aromatic heterocycles. The van der Waals surface area contributed by atoms with Gasteiger partial charge in [-0.15, -0.1) is 0 Å². The summed E-state index contributed by atoms with van der Waals surface area (Å²) in [5.41, 5.74) is 5.25. The van der Waals surface area contributed by atoms with Crippen LogP contribution in [0.15, 0.2) is 72.8 Å². The van der Waals surface area contributed by atoms with Crippen molar-refractivity contribution in [2.45, 2.75) is 30.6 Å². The topological polar surface area (TPSA) is 48.0 Å². The predicted molar refractivity (Wildman–Crippen MR) is 136 cm³/mol. The number of amides is 1. The van der Waals surface area contributed by atoms with Crippen LogP contribution in [0.3, 0.4) is 0 Å². The molecule has 0 spiro atoms. The standard InChI is InChI=1S/C30H26F3NO4/c1-36-28-14-19(30(31,32)33)10-11-22(28)18-12-20-15-37-16-21(13-18)34(20)29(35)38-17-27-25-8-4-2-6-23(25)24-7-3-5-9-26(24)27/h2-12,14,20-21,27H,13,15-17H2,1H3. The number of halogens is 3. The van der Waals surface area contributed by atoms with Crippen molar-refractivity contribution in [3.8, 4) is 16.9 Å². The van der Waals surface area contributed by atoms with Gasteiger partial charge in [0.2, 0.25) is 0 Å². The lowest BCUT2D eigenvalue weighted by atomic mass is 9.89. The number of morpholine rings is 1. The lowest BCUT2D eigenvalue weighted by Crippen LogP contribution is -2.56. The maximum Gasteiger partial charge on any atom is 0.416 e. The summed E-state index contributed by atoms with van der Waals surface area (Å²) in [5.74, 6) is 0.106. The Bertz CT molecular complexity index is 1370. The summed E-state index contributed by atoms with van der Waals surface area (Å²) in [4.78, 5) is 15.1. The number of methoxy groups -OCH3 is 1. The SMILES string of the molecule is COc1cc(C(F)(F)F)ccc1C1=CC2COCC(C1)N2C(=O)OCC1c2ccccc2-c2ccccc21. The van der Waals surface area contributed by atoms with E-state index in [1.54, 1.807) is 4.90 Å². The molecule has 0 saturated carbocycles. The van der Waals surface area contributed by atoms with Crippen LogP contribution < -0.4 is 4.74 Å². The van der Waals surface area contributed by atoms with Gasteiger partial charge in [-0.05, 0) is 46.4 Å². The van der Waals surface area contributed by atoms with Gasteiger partial charge in [0.25, 0.3) is 0 Å². The Balaban J connectivity index is 1.22. The van der Waals surface area contributed by atoms with Crippen molar-refractivity contribution < 1.29 is 32.2 Å². The first-order valence-electron chi connectivity index (χ1n) is 12.5. The van der Waals surface area contributed by atoms with Crippen molar-refractivity contribution in [2.75, 3.05) is 26.9 Å². The molecular formula is C30H26F3NO4. The summed E-state index contributed by atoms with van der Waals surface area (Å²) in [7, 11) is 1.36. The molecular weight excluding hydrogens is 495 g/mol. The third kappa shape index (κ3) is 4.22. The van der Waals surface area contributed by atoms with Crippen LogP contribution >= 0.6 is 0 Å². The van der Waals surface area contributed by atoms with E-state index in [-0.39, 0.29) is 37.0 Å². The molecule has 1 saturated heterocycles. The average molecular weight is 522 g/mol. The molecule has 2 unspecified atom stereocenters. The molecule has 6 rings (SSSR count). The molecule has 0 radical (unpaired) electrons. The Morgan fingerprint density at radius 3 is 2.29 bits per heavy atom. The Morgan fingerprint density at radius 1 is 0.974 bits per heavy atom. The number of hydrogen-bond donors (Lipinski definition) is 0. The number of carbonyl (C=O) groups is 1. The number of rotatable bonds is 4. The molecule has 38 heavy (non-hydrogen) atoms. The number of benzene rings is 3. The quantitative estimate of drug-likeness (QED) is 0.392. The van der Waals surface area contributed by atoms with Crippen LogP contribution in [0.1, 0.15) is 34.6 Å². The number of nitrogens with zero attached hydrogens (tertiary/aromatic N) is 1. The highest BCUT2D eigenvalue weighted by atomic mass is 19.4. The van der Waals surface area contributed by atoms with Gasteiger partial charge in [0.1, 0.15) is 12.4 Å². The number of ether oxygens (including phenoxy) is 3. The first-order valence-corrected chi connectivity index (χ1v) is 12.5. The van der Waals surface area contributed by atoms with Gasteiger partial charge in [0.05, 0.1) is 38.0 Å². The van der Waals surface area contributed by atoms with Crippen LogP contribution in [0, 0.1) is 0 Å². The summed E-state index contributed by atoms with van der Waals surface area (Å²) in [6.45, 7) is 0.821. The summed E-state index contributed by atoms with van der Waals surface area (Å²) in [6, 6.07) is 19.2. The van der Waals surface area contributed by atoms with E-state index in [0.29, 0.717) is 18.6 Å². The second-order valence-corrected chi connectivity index (χ2v) is 9.78. The molecule has 5 nitrogen and oxygen atoms in total. The zero-order chi connectivity index (χ0) is 26.4. The van der Waals surface area contributed by atoms with Gasteiger partial charge < -0.3 is 14.2 Å². The summed E-state index contributed by atoms with van der Waals surface area (Å²) >= 11 is 0. The van der Waals surface area contributed by atoms with E-state index in [4.69, 9.17) is 14.2 Å². The highest BCUT2D eigenvalue weighted by Crippen LogP contribution is 2.45. The maximum absolute atomic E-state index is 13.4. The number of alkyl halides is 3. The fourth-order valence-electron chi connectivity index (χ4n) is 5.88. The van der Waals surface area contributed by atoms with Crippen molar-refractivity contribution in [1.82, 2.24) is 4.90 Å². The number of fused-ring (bicyclic) bond motifs is 5. The minimum absolute atomic E-state index is 0.0465. The molecule has 3 aromatic rings. The van der Waals surface area contributed by atoms with E-state index in [0.717, 1.165) is 40.0 Å². The van der Waals surface area contributed by atoms with Gasteiger partial charge in [-0.1, -0.05) is 60.7 Å². The van der Waals surface area contributed by atoms with E-state index < -0.39 is 17.8 Å². The number of hydrogen-bond acceptors (Lipinski definition) is 4. The molecule has 196 valence electrons. The molecule has 8 heteroatoms. The van der Waals surface area contributed by atoms with Gasteiger partial charge >= 0.3 is 12.3 Å². The molecule has 3 aromatic carbocycles. The first kappa shape index (κ1) is 24.6. The first-order chi connectivity index (χ1) is 18.3. The third-order valence-corrected chi connectivity index (χ3v) is 7.62. The lowest BCUT2D eigenvalue weighted by Gasteiger charge is -2.44. The summed E-state index contributed by atoms with van der Waals surface area (Å²) in [6.07, 6.45) is -2.58.